The lowest BCUT2D eigenvalue weighted by Crippen LogP contribution is -2.37. The van der Waals surface area contributed by atoms with E-state index in [4.69, 9.17) is 9.26 Å². The number of benzene rings is 1. The molecule has 0 aliphatic rings. The van der Waals surface area contributed by atoms with Gasteiger partial charge in [0.15, 0.2) is 11.7 Å². The second-order valence-electron chi connectivity index (χ2n) is 5.88. The molecule has 0 unspecified atom stereocenters. The van der Waals surface area contributed by atoms with Crippen molar-refractivity contribution < 1.29 is 13.7 Å². The SMILES string of the molecule is CN=C(NCCCOc1ccc(F)cc1)NCc1cc(C(C)C)no1.I. The number of rotatable bonds is 8. The van der Waals surface area contributed by atoms with Crippen molar-refractivity contribution in [1.29, 1.82) is 0 Å². The van der Waals surface area contributed by atoms with Crippen molar-refractivity contribution in [2.45, 2.75) is 32.7 Å². The van der Waals surface area contributed by atoms with Gasteiger partial charge < -0.3 is 19.9 Å². The Morgan fingerprint density at radius 1 is 1.27 bits per heavy atom. The van der Waals surface area contributed by atoms with Crippen LogP contribution in [0.3, 0.4) is 0 Å². The maximum absolute atomic E-state index is 12.8. The van der Waals surface area contributed by atoms with Crippen LogP contribution in [0.5, 0.6) is 5.75 Å². The van der Waals surface area contributed by atoms with Gasteiger partial charge >= 0.3 is 0 Å². The lowest BCUT2D eigenvalue weighted by molar-refractivity contribution is 0.310. The number of aromatic nitrogens is 1. The van der Waals surface area contributed by atoms with Crippen LogP contribution in [-0.4, -0.2) is 31.3 Å². The molecule has 0 saturated carbocycles. The Bertz CT molecular complexity index is 674. The number of nitrogens with one attached hydrogen (secondary N) is 2. The summed E-state index contributed by atoms with van der Waals surface area (Å²) in [6, 6.07) is 7.95. The fourth-order valence-corrected chi connectivity index (χ4v) is 2.08. The Balaban J connectivity index is 0.00000338. The zero-order chi connectivity index (χ0) is 18.1. The predicted molar refractivity (Wildman–Crippen MR) is 111 cm³/mol. The Morgan fingerprint density at radius 2 is 2.00 bits per heavy atom. The zero-order valence-electron chi connectivity index (χ0n) is 15.3. The zero-order valence-corrected chi connectivity index (χ0v) is 17.6. The molecule has 6 nitrogen and oxygen atoms in total. The summed E-state index contributed by atoms with van der Waals surface area (Å²) in [7, 11) is 1.71. The van der Waals surface area contributed by atoms with Crippen molar-refractivity contribution in [2.24, 2.45) is 4.99 Å². The van der Waals surface area contributed by atoms with E-state index in [0.29, 0.717) is 37.3 Å². The normalized spacial score (nSPS) is 11.2. The average molecular weight is 476 g/mol. The van der Waals surface area contributed by atoms with Gasteiger partial charge in [-0.1, -0.05) is 19.0 Å². The number of hydrogen-bond acceptors (Lipinski definition) is 4. The number of hydrogen-bond donors (Lipinski definition) is 2. The van der Waals surface area contributed by atoms with E-state index in [1.54, 1.807) is 19.2 Å². The second-order valence-corrected chi connectivity index (χ2v) is 5.88. The second kappa shape index (κ2) is 11.7. The number of guanidine groups is 1. The number of aliphatic imine (C=N–C) groups is 1. The first-order valence-electron chi connectivity index (χ1n) is 8.37. The van der Waals surface area contributed by atoms with Crippen LogP contribution in [0.2, 0.25) is 0 Å². The molecule has 0 aliphatic carbocycles. The molecule has 144 valence electrons. The van der Waals surface area contributed by atoms with Crippen LogP contribution in [0.15, 0.2) is 39.8 Å². The Morgan fingerprint density at radius 3 is 2.62 bits per heavy atom. The highest BCUT2D eigenvalue weighted by Crippen LogP contribution is 2.13. The molecule has 0 saturated heterocycles. The highest BCUT2D eigenvalue weighted by molar-refractivity contribution is 14.0. The summed E-state index contributed by atoms with van der Waals surface area (Å²) in [6.45, 7) is 5.91. The fraction of sp³-hybridized carbons (Fsp3) is 0.444. The van der Waals surface area contributed by atoms with E-state index in [-0.39, 0.29) is 29.8 Å². The van der Waals surface area contributed by atoms with Crippen LogP contribution in [0.4, 0.5) is 4.39 Å². The van der Waals surface area contributed by atoms with Crippen LogP contribution in [0.25, 0.3) is 0 Å². The number of halogens is 2. The molecule has 1 heterocycles. The molecule has 1 aromatic heterocycles. The molecular formula is C18H26FIN4O2. The third-order valence-corrected chi connectivity index (χ3v) is 3.52. The molecule has 2 N–H and O–H groups in total. The van der Waals surface area contributed by atoms with Gasteiger partial charge in [-0.3, -0.25) is 4.99 Å². The minimum Gasteiger partial charge on any atom is -0.494 e. The van der Waals surface area contributed by atoms with Gasteiger partial charge in [0.2, 0.25) is 0 Å². The summed E-state index contributed by atoms with van der Waals surface area (Å²) in [5.74, 6) is 2.19. The maximum Gasteiger partial charge on any atom is 0.191 e. The first kappa shape index (κ1) is 22.2. The van der Waals surface area contributed by atoms with Crippen LogP contribution >= 0.6 is 24.0 Å². The van der Waals surface area contributed by atoms with E-state index in [1.807, 2.05) is 6.07 Å². The fourth-order valence-electron chi connectivity index (χ4n) is 2.08. The van der Waals surface area contributed by atoms with Gasteiger partial charge in [0.05, 0.1) is 18.8 Å². The van der Waals surface area contributed by atoms with Crippen LogP contribution in [0, 0.1) is 5.82 Å². The molecule has 0 aliphatic heterocycles. The first-order valence-corrected chi connectivity index (χ1v) is 8.37. The molecule has 1 aromatic carbocycles. The first-order chi connectivity index (χ1) is 12.1. The van der Waals surface area contributed by atoms with E-state index < -0.39 is 0 Å². The Labute approximate surface area is 170 Å². The monoisotopic (exact) mass is 476 g/mol. The van der Waals surface area contributed by atoms with E-state index in [2.05, 4.69) is 34.6 Å². The Hall–Kier alpha value is -1.84. The molecule has 0 radical (unpaired) electrons. The third kappa shape index (κ3) is 7.59. The van der Waals surface area contributed by atoms with Crippen molar-refractivity contribution in [2.75, 3.05) is 20.2 Å². The average Bonchev–Trinajstić information content (AvgIpc) is 3.08. The van der Waals surface area contributed by atoms with Crippen molar-refractivity contribution in [3.63, 3.8) is 0 Å². The van der Waals surface area contributed by atoms with Gasteiger partial charge in [0.1, 0.15) is 11.6 Å². The van der Waals surface area contributed by atoms with E-state index in [1.165, 1.54) is 12.1 Å². The smallest absolute Gasteiger partial charge is 0.191 e. The molecule has 0 fully saturated rings. The van der Waals surface area contributed by atoms with Crippen molar-refractivity contribution in [3.05, 3.63) is 47.6 Å². The van der Waals surface area contributed by atoms with Crippen LogP contribution in [-0.2, 0) is 6.54 Å². The minimum absolute atomic E-state index is 0. The van der Waals surface area contributed by atoms with Gasteiger partial charge in [0.25, 0.3) is 0 Å². The molecule has 0 atom stereocenters. The number of nitrogens with zero attached hydrogens (tertiary/aromatic N) is 2. The molecule has 2 rings (SSSR count). The van der Waals surface area contributed by atoms with Crippen LogP contribution < -0.4 is 15.4 Å². The summed E-state index contributed by atoms with van der Waals surface area (Å²) in [5.41, 5.74) is 0.942. The van der Waals surface area contributed by atoms with Crippen LogP contribution in [0.1, 0.15) is 37.6 Å². The summed E-state index contributed by atoms with van der Waals surface area (Å²) >= 11 is 0. The Kier molecular flexibility index (Phi) is 10.0. The highest BCUT2D eigenvalue weighted by atomic mass is 127. The lowest BCUT2D eigenvalue weighted by atomic mass is 10.1. The van der Waals surface area contributed by atoms with Gasteiger partial charge in [-0.2, -0.15) is 0 Å². The summed E-state index contributed by atoms with van der Waals surface area (Å²) in [4.78, 5) is 4.16. The van der Waals surface area contributed by atoms with E-state index in [9.17, 15) is 4.39 Å². The third-order valence-electron chi connectivity index (χ3n) is 3.52. The highest BCUT2D eigenvalue weighted by Gasteiger charge is 2.08. The minimum atomic E-state index is -0.267. The van der Waals surface area contributed by atoms with E-state index >= 15 is 0 Å². The predicted octanol–water partition coefficient (Wildman–Crippen LogP) is 3.69. The molecule has 2 aromatic rings. The van der Waals surface area contributed by atoms with Gasteiger partial charge in [-0.05, 0) is 36.6 Å². The van der Waals surface area contributed by atoms with Gasteiger partial charge in [0, 0.05) is 19.7 Å². The van der Waals surface area contributed by atoms with Gasteiger partial charge in [-0.15, -0.1) is 24.0 Å². The topological polar surface area (TPSA) is 71.7 Å². The largest absolute Gasteiger partial charge is 0.494 e. The van der Waals surface area contributed by atoms with Crippen molar-refractivity contribution in [1.82, 2.24) is 15.8 Å². The van der Waals surface area contributed by atoms with Crippen molar-refractivity contribution >= 4 is 29.9 Å². The summed E-state index contributed by atoms with van der Waals surface area (Å²) in [5, 5.41) is 10.4. The van der Waals surface area contributed by atoms with Gasteiger partial charge in [-0.25, -0.2) is 4.39 Å². The molecule has 8 heteroatoms. The molecule has 26 heavy (non-hydrogen) atoms. The molecule has 0 spiro atoms. The lowest BCUT2D eigenvalue weighted by Gasteiger charge is -2.11. The molecule has 0 amide bonds. The molecular weight excluding hydrogens is 450 g/mol. The number of ether oxygens (including phenoxy) is 1. The van der Waals surface area contributed by atoms with Crippen molar-refractivity contribution in [3.8, 4) is 5.75 Å². The maximum atomic E-state index is 12.8. The summed E-state index contributed by atoms with van der Waals surface area (Å²) < 4.78 is 23.6. The quantitative estimate of drug-likeness (QED) is 0.263. The standard InChI is InChI=1S/C18H25FN4O2.HI/c1-13(2)17-11-16(25-23-17)12-22-18(20-3)21-9-4-10-24-15-7-5-14(19)6-8-15;/h5-8,11,13H,4,9-10,12H2,1-3H3,(H2,20,21,22);1H. The molecule has 0 bridgehead atoms. The summed E-state index contributed by atoms with van der Waals surface area (Å²) in [6.07, 6.45) is 0.790. The van der Waals surface area contributed by atoms with E-state index in [0.717, 1.165) is 17.9 Å².